The van der Waals surface area contributed by atoms with Gasteiger partial charge in [-0.25, -0.2) is 0 Å². The van der Waals surface area contributed by atoms with Gasteiger partial charge in [0.05, 0.1) is 20.3 Å². The maximum Gasteiger partial charge on any atom is 0.247 e. The van der Waals surface area contributed by atoms with Crippen LogP contribution in [0.3, 0.4) is 0 Å². The third-order valence-electron chi connectivity index (χ3n) is 4.98. The van der Waals surface area contributed by atoms with Crippen LogP contribution < -0.4 is 9.47 Å². The monoisotopic (exact) mass is 379 g/mol. The number of benzene rings is 2. The lowest BCUT2D eigenvalue weighted by Gasteiger charge is -2.31. The molecule has 146 valence electrons. The van der Waals surface area contributed by atoms with Crippen molar-refractivity contribution < 1.29 is 13.9 Å². The number of ether oxygens (including phenoxy) is 2. The Kier molecular flexibility index (Phi) is 5.87. The molecule has 0 radical (unpaired) electrons. The van der Waals surface area contributed by atoms with Crippen LogP contribution in [0.5, 0.6) is 11.5 Å². The SMILES string of the molecule is COc1cccc(OCC2CCCN(Cc3nnc(-c4ccccc4)o3)C2)c1. The fourth-order valence-electron chi connectivity index (χ4n) is 3.54. The summed E-state index contributed by atoms with van der Waals surface area (Å²) in [6, 6.07) is 17.6. The van der Waals surface area contributed by atoms with Crippen molar-refractivity contribution in [3.8, 4) is 23.0 Å². The zero-order valence-electron chi connectivity index (χ0n) is 16.1. The zero-order chi connectivity index (χ0) is 19.2. The van der Waals surface area contributed by atoms with Gasteiger partial charge in [0.1, 0.15) is 11.5 Å². The summed E-state index contributed by atoms with van der Waals surface area (Å²) in [6.07, 6.45) is 2.31. The predicted molar refractivity (Wildman–Crippen MR) is 106 cm³/mol. The molecule has 1 saturated heterocycles. The quantitative estimate of drug-likeness (QED) is 0.618. The number of hydrogen-bond donors (Lipinski definition) is 0. The van der Waals surface area contributed by atoms with Crippen LogP contribution in [0, 0.1) is 5.92 Å². The standard InChI is InChI=1S/C22H25N3O3/c1-26-19-10-5-11-20(13-19)27-16-17-7-6-12-25(14-17)15-21-23-24-22(28-21)18-8-3-2-4-9-18/h2-5,8-11,13,17H,6-7,12,14-16H2,1H3. The summed E-state index contributed by atoms with van der Waals surface area (Å²) in [6.45, 7) is 3.38. The van der Waals surface area contributed by atoms with Crippen LogP contribution in [-0.4, -0.2) is 41.9 Å². The van der Waals surface area contributed by atoms with E-state index in [1.807, 2.05) is 54.6 Å². The van der Waals surface area contributed by atoms with Gasteiger partial charge in [-0.15, -0.1) is 10.2 Å². The first-order valence-electron chi connectivity index (χ1n) is 9.67. The summed E-state index contributed by atoms with van der Waals surface area (Å²) in [5.41, 5.74) is 0.949. The van der Waals surface area contributed by atoms with Gasteiger partial charge in [0.25, 0.3) is 0 Å². The van der Waals surface area contributed by atoms with E-state index in [9.17, 15) is 0 Å². The number of methoxy groups -OCH3 is 1. The summed E-state index contributed by atoms with van der Waals surface area (Å²) in [4.78, 5) is 2.37. The van der Waals surface area contributed by atoms with Crippen LogP contribution in [0.4, 0.5) is 0 Å². The molecule has 6 heteroatoms. The van der Waals surface area contributed by atoms with Gasteiger partial charge in [-0.05, 0) is 43.7 Å². The highest BCUT2D eigenvalue weighted by atomic mass is 16.5. The Morgan fingerprint density at radius 2 is 1.93 bits per heavy atom. The normalized spacial score (nSPS) is 17.4. The number of hydrogen-bond acceptors (Lipinski definition) is 6. The topological polar surface area (TPSA) is 60.6 Å². The van der Waals surface area contributed by atoms with Gasteiger partial charge in [-0.1, -0.05) is 24.3 Å². The molecule has 2 aromatic carbocycles. The van der Waals surface area contributed by atoms with Crippen LogP contribution in [0.15, 0.2) is 59.0 Å². The minimum atomic E-state index is 0.483. The summed E-state index contributed by atoms with van der Waals surface area (Å²) in [5, 5.41) is 8.40. The average molecular weight is 379 g/mol. The van der Waals surface area contributed by atoms with Gasteiger partial charge < -0.3 is 13.9 Å². The molecule has 0 spiro atoms. The molecule has 0 amide bonds. The first-order valence-corrected chi connectivity index (χ1v) is 9.67. The molecule has 0 bridgehead atoms. The molecule has 1 aromatic heterocycles. The molecule has 4 rings (SSSR count). The largest absolute Gasteiger partial charge is 0.497 e. The summed E-state index contributed by atoms with van der Waals surface area (Å²) >= 11 is 0. The van der Waals surface area contributed by atoms with Crippen molar-refractivity contribution in [1.82, 2.24) is 15.1 Å². The molecule has 1 atom stereocenters. The van der Waals surface area contributed by atoms with Gasteiger partial charge in [0.2, 0.25) is 11.8 Å². The minimum absolute atomic E-state index is 0.483. The molecule has 6 nitrogen and oxygen atoms in total. The lowest BCUT2D eigenvalue weighted by atomic mass is 9.99. The van der Waals surface area contributed by atoms with Crippen LogP contribution >= 0.6 is 0 Å². The van der Waals surface area contributed by atoms with E-state index in [2.05, 4.69) is 15.1 Å². The Hall–Kier alpha value is -2.86. The molecule has 3 aromatic rings. The molecule has 28 heavy (non-hydrogen) atoms. The average Bonchev–Trinajstić information content (AvgIpc) is 3.22. The zero-order valence-corrected chi connectivity index (χ0v) is 16.1. The van der Waals surface area contributed by atoms with Crippen molar-refractivity contribution in [2.45, 2.75) is 19.4 Å². The van der Waals surface area contributed by atoms with Gasteiger partial charge in [0, 0.05) is 24.1 Å². The van der Waals surface area contributed by atoms with Crippen molar-refractivity contribution >= 4 is 0 Å². The molecule has 1 fully saturated rings. The van der Waals surface area contributed by atoms with Gasteiger partial charge in [-0.3, -0.25) is 4.90 Å². The molecule has 1 aliphatic heterocycles. The molecular weight excluding hydrogens is 354 g/mol. The molecular formula is C22H25N3O3. The number of rotatable bonds is 7. The van der Waals surface area contributed by atoms with E-state index in [4.69, 9.17) is 13.9 Å². The van der Waals surface area contributed by atoms with E-state index in [1.54, 1.807) is 7.11 Å². The molecule has 0 saturated carbocycles. The van der Waals surface area contributed by atoms with E-state index >= 15 is 0 Å². The Balaban J connectivity index is 1.31. The van der Waals surface area contributed by atoms with Crippen LogP contribution in [0.25, 0.3) is 11.5 Å². The second kappa shape index (κ2) is 8.89. The van der Waals surface area contributed by atoms with Crippen LogP contribution in [0.1, 0.15) is 18.7 Å². The highest BCUT2D eigenvalue weighted by molar-refractivity contribution is 5.51. The molecule has 1 unspecified atom stereocenters. The van der Waals surface area contributed by atoms with Gasteiger partial charge in [0.15, 0.2) is 0 Å². The third-order valence-corrected chi connectivity index (χ3v) is 4.98. The maximum atomic E-state index is 5.99. The number of nitrogens with zero attached hydrogens (tertiary/aromatic N) is 3. The Bertz CT molecular complexity index is 881. The van der Waals surface area contributed by atoms with E-state index in [0.717, 1.165) is 36.6 Å². The second-order valence-electron chi connectivity index (χ2n) is 7.10. The van der Waals surface area contributed by atoms with Crippen LogP contribution in [0.2, 0.25) is 0 Å². The van der Waals surface area contributed by atoms with Gasteiger partial charge >= 0.3 is 0 Å². The second-order valence-corrected chi connectivity index (χ2v) is 7.10. The third kappa shape index (κ3) is 4.70. The highest BCUT2D eigenvalue weighted by Gasteiger charge is 2.22. The van der Waals surface area contributed by atoms with E-state index in [-0.39, 0.29) is 0 Å². The predicted octanol–water partition coefficient (Wildman–Crippen LogP) is 4.04. The van der Waals surface area contributed by atoms with Gasteiger partial charge in [-0.2, -0.15) is 0 Å². The highest BCUT2D eigenvalue weighted by Crippen LogP contribution is 2.23. The van der Waals surface area contributed by atoms with Crippen molar-refractivity contribution in [3.05, 3.63) is 60.5 Å². The smallest absolute Gasteiger partial charge is 0.247 e. The Morgan fingerprint density at radius 3 is 2.79 bits per heavy atom. The number of piperidine rings is 1. The van der Waals surface area contributed by atoms with Crippen molar-refractivity contribution in [3.63, 3.8) is 0 Å². The first-order chi connectivity index (χ1) is 13.8. The van der Waals surface area contributed by atoms with Crippen molar-refractivity contribution in [2.75, 3.05) is 26.8 Å². The summed E-state index contributed by atoms with van der Waals surface area (Å²) in [5.74, 6) is 3.38. The molecule has 1 aliphatic rings. The molecule has 0 N–H and O–H groups in total. The van der Waals surface area contributed by atoms with E-state index in [0.29, 0.717) is 30.9 Å². The van der Waals surface area contributed by atoms with Crippen molar-refractivity contribution in [1.29, 1.82) is 0 Å². The first kappa shape index (κ1) is 18.5. The Labute approximate surface area is 165 Å². The summed E-state index contributed by atoms with van der Waals surface area (Å²) < 4.78 is 17.1. The number of aromatic nitrogens is 2. The van der Waals surface area contributed by atoms with Crippen LogP contribution in [-0.2, 0) is 6.54 Å². The molecule has 0 aliphatic carbocycles. The fourth-order valence-corrected chi connectivity index (χ4v) is 3.54. The lowest BCUT2D eigenvalue weighted by Crippen LogP contribution is -2.37. The Morgan fingerprint density at radius 1 is 1.07 bits per heavy atom. The summed E-state index contributed by atoms with van der Waals surface area (Å²) in [7, 11) is 1.67. The molecule has 2 heterocycles. The minimum Gasteiger partial charge on any atom is -0.497 e. The van der Waals surface area contributed by atoms with Crippen molar-refractivity contribution in [2.24, 2.45) is 5.92 Å². The van der Waals surface area contributed by atoms with E-state index in [1.165, 1.54) is 6.42 Å². The number of likely N-dealkylation sites (tertiary alicyclic amines) is 1. The van der Waals surface area contributed by atoms with E-state index < -0.39 is 0 Å². The maximum absolute atomic E-state index is 5.99. The fraction of sp³-hybridized carbons (Fsp3) is 0.364. The lowest BCUT2D eigenvalue weighted by molar-refractivity contribution is 0.117.